The van der Waals surface area contributed by atoms with Gasteiger partial charge in [-0.25, -0.2) is 12.8 Å². The van der Waals surface area contributed by atoms with Crippen molar-refractivity contribution >= 4 is 9.84 Å². The highest BCUT2D eigenvalue weighted by Gasteiger charge is 2.17. The number of hydrogen-bond donors (Lipinski definition) is 0. The number of nitrogens with zero attached hydrogens (tertiary/aromatic N) is 1. The van der Waals surface area contributed by atoms with Crippen molar-refractivity contribution in [3.05, 3.63) is 35.1 Å². The van der Waals surface area contributed by atoms with Crippen molar-refractivity contribution in [1.82, 2.24) is 0 Å². The van der Waals surface area contributed by atoms with Crippen LogP contribution in [-0.4, -0.2) is 13.7 Å². The van der Waals surface area contributed by atoms with Crippen molar-refractivity contribution in [3.8, 4) is 6.07 Å². The van der Waals surface area contributed by atoms with Gasteiger partial charge in [0.1, 0.15) is 5.82 Å². The van der Waals surface area contributed by atoms with Crippen LogP contribution >= 0.6 is 0 Å². The predicted octanol–water partition coefficient (Wildman–Crippen LogP) is 2.02. The molecule has 0 bridgehead atoms. The summed E-state index contributed by atoms with van der Waals surface area (Å²) in [6.07, 6.45) is 0. The molecule has 1 rings (SSSR count). The van der Waals surface area contributed by atoms with E-state index in [4.69, 9.17) is 5.26 Å². The SMILES string of the molecule is CC(C)S(=O)(=O)Cc1cc(F)cc(C#N)c1. The maximum atomic E-state index is 13.0. The molecule has 0 aromatic heterocycles. The lowest BCUT2D eigenvalue weighted by Crippen LogP contribution is -2.16. The predicted molar refractivity (Wildman–Crippen MR) is 58.9 cm³/mol. The fraction of sp³-hybridized carbons (Fsp3) is 0.364. The van der Waals surface area contributed by atoms with E-state index >= 15 is 0 Å². The minimum absolute atomic E-state index is 0.133. The van der Waals surface area contributed by atoms with Gasteiger partial charge in [-0.2, -0.15) is 5.26 Å². The Morgan fingerprint density at radius 1 is 1.38 bits per heavy atom. The molecule has 0 atom stereocenters. The molecule has 1 aromatic rings. The first kappa shape index (κ1) is 12.7. The fourth-order valence-corrected chi connectivity index (χ4v) is 2.16. The minimum Gasteiger partial charge on any atom is -0.228 e. The van der Waals surface area contributed by atoms with Crippen LogP contribution in [0.5, 0.6) is 0 Å². The third kappa shape index (κ3) is 3.04. The number of nitriles is 1. The van der Waals surface area contributed by atoms with Gasteiger partial charge in [0.15, 0.2) is 9.84 Å². The quantitative estimate of drug-likeness (QED) is 0.813. The summed E-state index contributed by atoms with van der Waals surface area (Å²) in [7, 11) is -3.27. The molecule has 0 aliphatic heterocycles. The van der Waals surface area contributed by atoms with E-state index in [9.17, 15) is 12.8 Å². The summed E-state index contributed by atoms with van der Waals surface area (Å²) in [5, 5.41) is 8.12. The second-order valence-electron chi connectivity index (χ2n) is 3.82. The highest BCUT2D eigenvalue weighted by atomic mass is 32.2. The summed E-state index contributed by atoms with van der Waals surface area (Å²) >= 11 is 0. The maximum absolute atomic E-state index is 13.0. The molecule has 16 heavy (non-hydrogen) atoms. The standard InChI is InChI=1S/C11H12FNO2S/c1-8(2)16(14,15)7-10-3-9(6-13)4-11(12)5-10/h3-5,8H,7H2,1-2H3. The Kier molecular flexibility index (Phi) is 3.66. The molecule has 0 aliphatic rings. The molecule has 5 heteroatoms. The van der Waals surface area contributed by atoms with E-state index in [-0.39, 0.29) is 11.3 Å². The molecule has 86 valence electrons. The zero-order valence-electron chi connectivity index (χ0n) is 9.07. The lowest BCUT2D eigenvalue weighted by atomic mass is 10.1. The van der Waals surface area contributed by atoms with Gasteiger partial charge < -0.3 is 0 Å². The summed E-state index contributed by atoms with van der Waals surface area (Å²) in [6.45, 7) is 3.14. The Labute approximate surface area is 94.4 Å². The van der Waals surface area contributed by atoms with Gasteiger partial charge in [0.05, 0.1) is 22.6 Å². The van der Waals surface area contributed by atoms with Crippen LogP contribution in [0.3, 0.4) is 0 Å². The number of hydrogen-bond acceptors (Lipinski definition) is 3. The van der Waals surface area contributed by atoms with Gasteiger partial charge in [-0.3, -0.25) is 0 Å². The van der Waals surface area contributed by atoms with E-state index in [1.165, 1.54) is 6.07 Å². The van der Waals surface area contributed by atoms with Crippen LogP contribution in [0, 0.1) is 17.1 Å². The van der Waals surface area contributed by atoms with Gasteiger partial charge in [0, 0.05) is 0 Å². The van der Waals surface area contributed by atoms with Crippen molar-refractivity contribution in [2.45, 2.75) is 24.9 Å². The first-order chi connectivity index (χ1) is 7.35. The second kappa shape index (κ2) is 4.62. The number of benzene rings is 1. The third-order valence-corrected chi connectivity index (χ3v) is 4.34. The van der Waals surface area contributed by atoms with Gasteiger partial charge in [0.25, 0.3) is 0 Å². The minimum atomic E-state index is -3.27. The topological polar surface area (TPSA) is 57.9 Å². The zero-order chi connectivity index (χ0) is 12.3. The molecule has 1 aromatic carbocycles. The molecule has 0 heterocycles. The maximum Gasteiger partial charge on any atom is 0.156 e. The van der Waals surface area contributed by atoms with E-state index in [2.05, 4.69) is 0 Å². The number of sulfone groups is 1. The lowest BCUT2D eigenvalue weighted by molar-refractivity contribution is 0.586. The van der Waals surface area contributed by atoms with Gasteiger partial charge in [-0.05, 0) is 37.6 Å². The van der Waals surface area contributed by atoms with Crippen molar-refractivity contribution in [3.63, 3.8) is 0 Å². The number of rotatable bonds is 3. The van der Waals surface area contributed by atoms with Gasteiger partial charge in [0.2, 0.25) is 0 Å². The monoisotopic (exact) mass is 241 g/mol. The summed E-state index contributed by atoms with van der Waals surface area (Å²) in [6, 6.07) is 5.39. The Bertz CT molecular complexity index is 529. The Hall–Kier alpha value is -1.41. The molecular weight excluding hydrogens is 229 g/mol. The fourth-order valence-electron chi connectivity index (χ4n) is 1.20. The molecule has 3 nitrogen and oxygen atoms in total. The molecule has 0 amide bonds. The molecule has 0 radical (unpaired) electrons. The molecular formula is C11H12FNO2S. The summed E-state index contributed by atoms with van der Waals surface area (Å²) < 4.78 is 36.3. The van der Waals surface area contributed by atoms with Crippen LogP contribution in [0.1, 0.15) is 25.0 Å². The summed E-state index contributed by atoms with van der Waals surface area (Å²) in [4.78, 5) is 0. The molecule has 0 saturated carbocycles. The zero-order valence-corrected chi connectivity index (χ0v) is 9.88. The highest BCUT2D eigenvalue weighted by Crippen LogP contribution is 2.14. The van der Waals surface area contributed by atoms with Crippen LogP contribution in [0.2, 0.25) is 0 Å². The summed E-state index contributed by atoms with van der Waals surface area (Å²) in [5.41, 5.74) is 0.444. The van der Waals surface area contributed by atoms with Gasteiger partial charge in [-0.15, -0.1) is 0 Å². The van der Waals surface area contributed by atoms with E-state index in [0.717, 1.165) is 12.1 Å². The Morgan fingerprint density at radius 2 is 2.00 bits per heavy atom. The first-order valence-electron chi connectivity index (χ1n) is 4.76. The number of halogens is 1. The second-order valence-corrected chi connectivity index (χ2v) is 6.37. The van der Waals surface area contributed by atoms with Crippen molar-refractivity contribution in [2.24, 2.45) is 0 Å². The molecule has 0 N–H and O–H groups in total. The molecule has 0 saturated heterocycles. The summed E-state index contributed by atoms with van der Waals surface area (Å²) in [5.74, 6) is -0.829. The normalized spacial score (nSPS) is 11.4. The van der Waals surface area contributed by atoms with Gasteiger partial charge in [-0.1, -0.05) is 0 Å². The van der Waals surface area contributed by atoms with Crippen LogP contribution in [0.15, 0.2) is 18.2 Å². The largest absolute Gasteiger partial charge is 0.228 e. The Morgan fingerprint density at radius 3 is 2.50 bits per heavy atom. The van der Waals surface area contributed by atoms with E-state index in [1.54, 1.807) is 19.9 Å². The van der Waals surface area contributed by atoms with Crippen LogP contribution in [0.4, 0.5) is 4.39 Å². The van der Waals surface area contributed by atoms with E-state index in [1.807, 2.05) is 0 Å². The molecule has 0 spiro atoms. The average Bonchev–Trinajstić information content (AvgIpc) is 2.15. The average molecular weight is 241 g/mol. The highest BCUT2D eigenvalue weighted by molar-refractivity contribution is 7.91. The molecule has 0 fully saturated rings. The molecule has 0 aliphatic carbocycles. The first-order valence-corrected chi connectivity index (χ1v) is 6.48. The lowest BCUT2D eigenvalue weighted by Gasteiger charge is -2.07. The smallest absolute Gasteiger partial charge is 0.156 e. The Balaban J connectivity index is 3.08. The van der Waals surface area contributed by atoms with Crippen LogP contribution in [0.25, 0.3) is 0 Å². The third-order valence-electron chi connectivity index (χ3n) is 2.17. The van der Waals surface area contributed by atoms with E-state index in [0.29, 0.717) is 5.56 Å². The molecule has 0 unspecified atom stereocenters. The van der Waals surface area contributed by atoms with Crippen LogP contribution < -0.4 is 0 Å². The van der Waals surface area contributed by atoms with Crippen molar-refractivity contribution in [1.29, 1.82) is 5.26 Å². The van der Waals surface area contributed by atoms with Gasteiger partial charge >= 0.3 is 0 Å². The van der Waals surface area contributed by atoms with Crippen molar-refractivity contribution in [2.75, 3.05) is 0 Å². The van der Waals surface area contributed by atoms with E-state index < -0.39 is 20.9 Å². The van der Waals surface area contributed by atoms with Crippen molar-refractivity contribution < 1.29 is 12.8 Å². The van der Waals surface area contributed by atoms with Crippen LogP contribution in [-0.2, 0) is 15.6 Å².